The Hall–Kier alpha value is -1.18. The lowest BCUT2D eigenvalue weighted by atomic mass is 10.3. The SMILES string of the molecule is COCCN(Cc1cccs1)C[C@H](O)COCc1ccco1. The summed E-state index contributed by atoms with van der Waals surface area (Å²) in [6, 6.07) is 7.82. The average molecular weight is 325 g/mol. The van der Waals surface area contributed by atoms with Crippen molar-refractivity contribution >= 4 is 11.3 Å². The molecule has 0 saturated heterocycles. The largest absolute Gasteiger partial charge is 0.467 e. The molecule has 22 heavy (non-hydrogen) atoms. The summed E-state index contributed by atoms with van der Waals surface area (Å²) in [5.74, 6) is 0.766. The van der Waals surface area contributed by atoms with Crippen LogP contribution in [0.15, 0.2) is 40.3 Å². The van der Waals surface area contributed by atoms with Crippen molar-refractivity contribution in [1.29, 1.82) is 0 Å². The Balaban J connectivity index is 1.72. The maximum Gasteiger partial charge on any atom is 0.129 e. The average Bonchev–Trinajstić information content (AvgIpc) is 3.18. The number of methoxy groups -OCH3 is 1. The summed E-state index contributed by atoms with van der Waals surface area (Å²) in [7, 11) is 1.69. The van der Waals surface area contributed by atoms with E-state index < -0.39 is 6.10 Å². The highest BCUT2D eigenvalue weighted by atomic mass is 32.1. The van der Waals surface area contributed by atoms with E-state index in [1.807, 2.05) is 18.2 Å². The van der Waals surface area contributed by atoms with Crippen LogP contribution in [0.5, 0.6) is 0 Å². The second-order valence-electron chi connectivity index (χ2n) is 5.06. The van der Waals surface area contributed by atoms with E-state index in [1.165, 1.54) is 4.88 Å². The molecule has 0 unspecified atom stereocenters. The van der Waals surface area contributed by atoms with E-state index in [1.54, 1.807) is 24.7 Å². The van der Waals surface area contributed by atoms with Gasteiger partial charge in [0.15, 0.2) is 0 Å². The second-order valence-corrected chi connectivity index (χ2v) is 6.09. The minimum atomic E-state index is -0.535. The standard InChI is InChI=1S/C16H23NO4S/c1-19-8-6-17(11-16-5-3-9-22-16)10-14(18)12-20-13-15-4-2-7-21-15/h2-5,7,9,14,18H,6,8,10-13H2,1H3/t14-/m0/s1. The van der Waals surface area contributed by atoms with Crippen molar-refractivity contribution in [2.75, 3.05) is 33.4 Å². The minimum absolute atomic E-state index is 0.286. The molecule has 1 N–H and O–H groups in total. The lowest BCUT2D eigenvalue weighted by Gasteiger charge is -2.24. The van der Waals surface area contributed by atoms with E-state index in [0.29, 0.717) is 19.8 Å². The molecule has 2 aromatic heterocycles. The first-order chi connectivity index (χ1) is 10.8. The second kappa shape index (κ2) is 9.76. The summed E-state index contributed by atoms with van der Waals surface area (Å²) >= 11 is 1.72. The monoisotopic (exact) mass is 325 g/mol. The van der Waals surface area contributed by atoms with Crippen LogP contribution in [0.2, 0.25) is 0 Å². The number of nitrogens with zero attached hydrogens (tertiary/aromatic N) is 1. The summed E-state index contributed by atoms with van der Waals surface area (Å²) in [6.45, 7) is 3.46. The Kier molecular flexibility index (Phi) is 7.62. The topological polar surface area (TPSA) is 55.1 Å². The Morgan fingerprint density at radius 2 is 2.27 bits per heavy atom. The normalized spacial score (nSPS) is 12.9. The minimum Gasteiger partial charge on any atom is -0.467 e. The van der Waals surface area contributed by atoms with Gasteiger partial charge in [-0.1, -0.05) is 6.07 Å². The Morgan fingerprint density at radius 1 is 1.36 bits per heavy atom. The third kappa shape index (κ3) is 6.29. The molecule has 0 amide bonds. The van der Waals surface area contributed by atoms with Gasteiger partial charge in [0.2, 0.25) is 0 Å². The number of thiophene rings is 1. The van der Waals surface area contributed by atoms with Crippen molar-refractivity contribution in [3.63, 3.8) is 0 Å². The van der Waals surface area contributed by atoms with Crippen molar-refractivity contribution in [2.45, 2.75) is 19.3 Å². The molecule has 5 nitrogen and oxygen atoms in total. The van der Waals surface area contributed by atoms with E-state index in [9.17, 15) is 5.11 Å². The van der Waals surface area contributed by atoms with Gasteiger partial charge in [-0.15, -0.1) is 11.3 Å². The fourth-order valence-electron chi connectivity index (χ4n) is 2.12. The summed E-state index contributed by atoms with van der Waals surface area (Å²) in [6.07, 6.45) is 1.08. The molecule has 2 rings (SSSR count). The van der Waals surface area contributed by atoms with Crippen LogP contribution in [0.1, 0.15) is 10.6 Å². The molecule has 0 aliphatic rings. The van der Waals surface area contributed by atoms with Gasteiger partial charge in [-0.2, -0.15) is 0 Å². The fourth-order valence-corrected chi connectivity index (χ4v) is 2.87. The number of aliphatic hydroxyl groups excluding tert-OH is 1. The van der Waals surface area contributed by atoms with Gasteiger partial charge in [0.25, 0.3) is 0 Å². The number of aliphatic hydroxyl groups is 1. The van der Waals surface area contributed by atoms with Crippen LogP contribution < -0.4 is 0 Å². The van der Waals surface area contributed by atoms with Crippen LogP contribution >= 0.6 is 11.3 Å². The number of rotatable bonds is 11. The maximum absolute atomic E-state index is 10.1. The van der Waals surface area contributed by atoms with E-state index in [2.05, 4.69) is 16.3 Å². The van der Waals surface area contributed by atoms with Crippen molar-refractivity contribution in [3.05, 3.63) is 46.5 Å². The summed E-state index contributed by atoms with van der Waals surface area (Å²) < 4.78 is 15.8. The predicted molar refractivity (Wildman–Crippen MR) is 85.8 cm³/mol. The summed E-state index contributed by atoms with van der Waals surface area (Å²) in [5, 5.41) is 12.2. The predicted octanol–water partition coefficient (Wildman–Crippen LogP) is 2.37. The summed E-state index contributed by atoms with van der Waals surface area (Å²) in [4.78, 5) is 3.45. The molecule has 0 bridgehead atoms. The molecule has 0 fully saturated rings. The van der Waals surface area contributed by atoms with Gasteiger partial charge in [0, 0.05) is 31.6 Å². The number of hydrogen-bond acceptors (Lipinski definition) is 6. The van der Waals surface area contributed by atoms with Gasteiger partial charge in [0.05, 0.1) is 25.6 Å². The highest BCUT2D eigenvalue weighted by molar-refractivity contribution is 7.09. The lowest BCUT2D eigenvalue weighted by Crippen LogP contribution is -2.36. The van der Waals surface area contributed by atoms with E-state index in [0.717, 1.165) is 18.8 Å². The van der Waals surface area contributed by atoms with Gasteiger partial charge in [-0.3, -0.25) is 4.90 Å². The van der Waals surface area contributed by atoms with Crippen molar-refractivity contribution in [3.8, 4) is 0 Å². The van der Waals surface area contributed by atoms with Crippen LogP contribution in [0, 0.1) is 0 Å². The molecule has 2 aromatic rings. The molecule has 0 saturated carbocycles. The van der Waals surface area contributed by atoms with E-state index >= 15 is 0 Å². The van der Waals surface area contributed by atoms with Crippen LogP contribution in [0.4, 0.5) is 0 Å². The van der Waals surface area contributed by atoms with Crippen molar-refractivity contribution < 1.29 is 19.0 Å². The molecule has 122 valence electrons. The van der Waals surface area contributed by atoms with Gasteiger partial charge in [-0.05, 0) is 23.6 Å². The fraction of sp³-hybridized carbons (Fsp3) is 0.500. The quantitative estimate of drug-likeness (QED) is 0.687. The van der Waals surface area contributed by atoms with Crippen LogP contribution in [-0.4, -0.2) is 49.5 Å². The Bertz CT molecular complexity index is 486. The van der Waals surface area contributed by atoms with Crippen LogP contribution in [-0.2, 0) is 22.6 Å². The van der Waals surface area contributed by atoms with E-state index in [4.69, 9.17) is 13.9 Å². The zero-order valence-corrected chi connectivity index (χ0v) is 13.6. The molecular formula is C16H23NO4S. The molecule has 0 aromatic carbocycles. The van der Waals surface area contributed by atoms with E-state index in [-0.39, 0.29) is 6.61 Å². The van der Waals surface area contributed by atoms with Crippen LogP contribution in [0.25, 0.3) is 0 Å². The lowest BCUT2D eigenvalue weighted by molar-refractivity contribution is 0.000646. The van der Waals surface area contributed by atoms with Gasteiger partial charge < -0.3 is 19.0 Å². The van der Waals surface area contributed by atoms with Crippen molar-refractivity contribution in [1.82, 2.24) is 4.90 Å². The van der Waals surface area contributed by atoms with Gasteiger partial charge in [0.1, 0.15) is 12.4 Å². The third-order valence-electron chi connectivity index (χ3n) is 3.17. The first-order valence-corrected chi connectivity index (χ1v) is 8.17. The Morgan fingerprint density at radius 3 is 2.95 bits per heavy atom. The number of furan rings is 1. The zero-order valence-electron chi connectivity index (χ0n) is 12.8. The van der Waals surface area contributed by atoms with Gasteiger partial charge in [-0.25, -0.2) is 0 Å². The molecule has 0 aliphatic heterocycles. The molecular weight excluding hydrogens is 302 g/mol. The van der Waals surface area contributed by atoms with Crippen LogP contribution in [0.3, 0.4) is 0 Å². The molecule has 0 spiro atoms. The highest BCUT2D eigenvalue weighted by Crippen LogP contribution is 2.12. The number of ether oxygens (including phenoxy) is 2. The summed E-state index contributed by atoms with van der Waals surface area (Å²) in [5.41, 5.74) is 0. The number of hydrogen-bond donors (Lipinski definition) is 1. The molecule has 0 radical (unpaired) electrons. The third-order valence-corrected chi connectivity index (χ3v) is 4.04. The maximum atomic E-state index is 10.1. The first kappa shape index (κ1) is 17.2. The highest BCUT2D eigenvalue weighted by Gasteiger charge is 2.13. The van der Waals surface area contributed by atoms with Gasteiger partial charge >= 0.3 is 0 Å². The molecule has 1 atom stereocenters. The molecule has 0 aliphatic carbocycles. The van der Waals surface area contributed by atoms with Crippen molar-refractivity contribution in [2.24, 2.45) is 0 Å². The Labute approximate surface area is 135 Å². The zero-order chi connectivity index (χ0) is 15.6. The molecule has 2 heterocycles. The smallest absolute Gasteiger partial charge is 0.129 e. The molecule has 6 heteroatoms. The first-order valence-electron chi connectivity index (χ1n) is 7.30.